The molecule has 3 aliphatic rings. The summed E-state index contributed by atoms with van der Waals surface area (Å²) >= 11 is 0. The minimum atomic E-state index is -1.74. The minimum Gasteiger partial charge on any atom is -0.493 e. The highest BCUT2D eigenvalue weighted by molar-refractivity contribution is 5.90. The zero-order chi connectivity index (χ0) is 35.1. The molecule has 16 heteroatoms. The smallest absolute Gasteiger partial charge is 0.317 e. The zero-order valence-electron chi connectivity index (χ0n) is 26.8. The summed E-state index contributed by atoms with van der Waals surface area (Å²) < 4.78 is 43.0. The molecule has 2 aromatic heterocycles. The standard InChI is InChI=1S/C34H36N2O14/c1-44-22-3-2-19-20-14-46-23-9-18(48-34-30(43)29(42)28(41)24(49-34)15-47-26(40)10-25(38)39)8-17(12-36-11-16-4-5-35-21(16)13-36)27(23)31(20)50-32(19)33(22)45-7-6-37/h2-5,8-9,11,13,20,24,28-31,34-35,37,41-43H,6-7,10,12,14-15H2,1H3,(H,38,39). The third kappa shape index (κ3) is 6.27. The van der Waals surface area contributed by atoms with Gasteiger partial charge >= 0.3 is 11.9 Å². The second kappa shape index (κ2) is 13.7. The number of rotatable bonds is 12. The largest absolute Gasteiger partial charge is 0.493 e. The van der Waals surface area contributed by atoms with Gasteiger partial charge in [-0.3, -0.25) is 9.59 Å². The number of aromatic nitrogens is 2. The Morgan fingerprint density at radius 1 is 1.08 bits per heavy atom. The number of carboxylic acids is 1. The first kappa shape index (κ1) is 33.5. The SMILES string of the molecule is COc1ccc2c(c1OCCO)OC1c3c(Cn4cc5cc[nH]c5c4)cc(OC4OC(COC(=O)CC(=O)O)C(O)C(O)C4O)cc3OCC21. The third-order valence-electron chi connectivity index (χ3n) is 8.97. The predicted molar refractivity (Wildman–Crippen MR) is 170 cm³/mol. The fraction of sp³-hybridized carbons (Fsp3) is 0.412. The molecule has 3 aliphatic heterocycles. The van der Waals surface area contributed by atoms with Gasteiger partial charge in [0.15, 0.2) is 11.5 Å². The Morgan fingerprint density at radius 3 is 2.68 bits per heavy atom. The number of methoxy groups -OCH3 is 1. The van der Waals surface area contributed by atoms with Gasteiger partial charge in [0.25, 0.3) is 0 Å². The van der Waals surface area contributed by atoms with Gasteiger partial charge < -0.3 is 68.2 Å². The molecule has 16 nitrogen and oxygen atoms in total. The molecule has 1 fully saturated rings. The van der Waals surface area contributed by atoms with Crippen LogP contribution in [-0.2, 0) is 25.6 Å². The minimum absolute atomic E-state index is 0.0394. The molecule has 0 spiro atoms. The number of benzene rings is 2. The number of nitrogens with zero attached hydrogens (tertiary/aromatic N) is 1. The molecule has 1 saturated heterocycles. The summed E-state index contributed by atoms with van der Waals surface area (Å²) in [7, 11) is 1.52. The lowest BCUT2D eigenvalue weighted by molar-refractivity contribution is -0.278. The average molecular weight is 697 g/mol. The number of aliphatic hydroxyl groups is 4. The molecule has 0 amide bonds. The summed E-state index contributed by atoms with van der Waals surface area (Å²) in [6, 6.07) is 9.00. The van der Waals surface area contributed by atoms with Crippen LogP contribution in [0.2, 0.25) is 0 Å². The van der Waals surface area contributed by atoms with E-state index in [1.54, 1.807) is 18.2 Å². The molecule has 7 atom stereocenters. The van der Waals surface area contributed by atoms with Crippen LogP contribution in [0.5, 0.6) is 28.7 Å². The van der Waals surface area contributed by atoms with Crippen molar-refractivity contribution in [3.8, 4) is 28.7 Å². The first-order valence-electron chi connectivity index (χ1n) is 15.9. The molecular weight excluding hydrogens is 660 g/mol. The maximum Gasteiger partial charge on any atom is 0.317 e. The number of nitrogens with one attached hydrogen (secondary N) is 1. The van der Waals surface area contributed by atoms with Crippen LogP contribution in [0.1, 0.15) is 35.1 Å². The van der Waals surface area contributed by atoms with Gasteiger partial charge in [-0.05, 0) is 23.8 Å². The molecule has 0 radical (unpaired) electrons. The lowest BCUT2D eigenvalue weighted by Gasteiger charge is -2.40. The van der Waals surface area contributed by atoms with Crippen molar-refractivity contribution in [2.45, 2.75) is 55.7 Å². The lowest BCUT2D eigenvalue weighted by Crippen LogP contribution is -2.60. The normalized spacial score (nSPS) is 25.1. The Bertz CT molecular complexity index is 1860. The number of hydrogen-bond donors (Lipinski definition) is 6. The van der Waals surface area contributed by atoms with Gasteiger partial charge in [-0.25, -0.2) is 0 Å². The summed E-state index contributed by atoms with van der Waals surface area (Å²) in [5.74, 6) is -0.703. The number of carboxylic acid groups (broad SMARTS) is 1. The molecule has 0 saturated carbocycles. The van der Waals surface area contributed by atoms with E-state index in [9.17, 15) is 30.0 Å². The van der Waals surface area contributed by atoms with Crippen molar-refractivity contribution in [2.75, 3.05) is 33.5 Å². The van der Waals surface area contributed by atoms with E-state index in [1.165, 1.54) is 7.11 Å². The van der Waals surface area contributed by atoms with Crippen LogP contribution in [0.4, 0.5) is 0 Å². The lowest BCUT2D eigenvalue weighted by atomic mass is 9.86. The number of aliphatic hydroxyl groups excluding tert-OH is 4. The van der Waals surface area contributed by atoms with E-state index in [4.69, 9.17) is 38.3 Å². The fourth-order valence-corrected chi connectivity index (χ4v) is 6.63. The van der Waals surface area contributed by atoms with Gasteiger partial charge in [0.05, 0.1) is 31.8 Å². The van der Waals surface area contributed by atoms with Gasteiger partial charge in [-0.2, -0.15) is 0 Å². The number of hydrogen-bond acceptors (Lipinski definition) is 13. The van der Waals surface area contributed by atoms with Gasteiger partial charge in [0.2, 0.25) is 12.0 Å². The molecule has 50 heavy (non-hydrogen) atoms. The Hall–Kier alpha value is -5.00. The summed E-state index contributed by atoms with van der Waals surface area (Å²) in [5, 5.41) is 51.1. The van der Waals surface area contributed by atoms with Gasteiger partial charge in [-0.1, -0.05) is 6.07 Å². The monoisotopic (exact) mass is 696 g/mol. The number of aliphatic carboxylic acids is 1. The van der Waals surface area contributed by atoms with Crippen LogP contribution in [-0.4, -0.2) is 111 Å². The fourth-order valence-electron chi connectivity index (χ4n) is 6.63. The summed E-state index contributed by atoms with van der Waals surface area (Å²) in [4.78, 5) is 25.8. The second-order valence-corrected chi connectivity index (χ2v) is 12.2. The van der Waals surface area contributed by atoms with E-state index in [2.05, 4.69) is 4.98 Å². The molecule has 0 aliphatic carbocycles. The van der Waals surface area contributed by atoms with Gasteiger partial charge in [-0.15, -0.1) is 0 Å². The van der Waals surface area contributed by atoms with E-state index in [1.807, 2.05) is 35.3 Å². The maximum atomic E-state index is 11.8. The summed E-state index contributed by atoms with van der Waals surface area (Å²) in [5.41, 5.74) is 3.28. The van der Waals surface area contributed by atoms with Crippen LogP contribution in [0.3, 0.4) is 0 Å². The van der Waals surface area contributed by atoms with E-state index in [-0.39, 0.29) is 31.5 Å². The van der Waals surface area contributed by atoms with Crippen molar-refractivity contribution >= 4 is 22.8 Å². The van der Waals surface area contributed by atoms with Crippen molar-refractivity contribution in [1.29, 1.82) is 0 Å². The van der Waals surface area contributed by atoms with Crippen LogP contribution < -0.4 is 23.7 Å². The third-order valence-corrected chi connectivity index (χ3v) is 8.97. The van der Waals surface area contributed by atoms with Crippen LogP contribution >= 0.6 is 0 Å². The van der Waals surface area contributed by atoms with Crippen molar-refractivity contribution in [3.63, 3.8) is 0 Å². The van der Waals surface area contributed by atoms with Crippen LogP contribution in [0, 0.1) is 0 Å². The molecule has 7 unspecified atom stereocenters. The summed E-state index contributed by atoms with van der Waals surface area (Å²) in [6.07, 6.45) is -3.58. The number of aromatic amines is 1. The Morgan fingerprint density at radius 2 is 1.92 bits per heavy atom. The Balaban J connectivity index is 1.21. The predicted octanol–water partition coefficient (Wildman–Crippen LogP) is 1.21. The van der Waals surface area contributed by atoms with Crippen molar-refractivity contribution in [3.05, 3.63) is 65.6 Å². The molecule has 7 rings (SSSR count). The highest BCUT2D eigenvalue weighted by Crippen LogP contribution is 2.57. The maximum absolute atomic E-state index is 11.8. The quantitative estimate of drug-likeness (QED) is 0.0906. The van der Waals surface area contributed by atoms with Gasteiger partial charge in [0.1, 0.15) is 61.7 Å². The number of carbonyl (C=O) groups excluding carboxylic acids is 1. The van der Waals surface area contributed by atoms with E-state index < -0.39 is 61.8 Å². The second-order valence-electron chi connectivity index (χ2n) is 12.2. The first-order valence-corrected chi connectivity index (χ1v) is 15.9. The highest BCUT2D eigenvalue weighted by atomic mass is 16.7. The number of carbonyl (C=O) groups is 2. The van der Waals surface area contributed by atoms with Crippen LogP contribution in [0.15, 0.2) is 48.9 Å². The highest BCUT2D eigenvalue weighted by Gasteiger charge is 2.47. The Labute approximate surface area is 284 Å². The molecule has 266 valence electrons. The van der Waals surface area contributed by atoms with E-state index in [0.717, 1.165) is 27.6 Å². The molecule has 4 aromatic rings. The average Bonchev–Trinajstić information content (AvgIpc) is 3.80. The van der Waals surface area contributed by atoms with E-state index in [0.29, 0.717) is 29.5 Å². The molecule has 0 bridgehead atoms. The number of H-pyrrole nitrogens is 1. The topological polar surface area (TPSA) is 221 Å². The number of esters is 1. The number of fused-ring (bicyclic) bond motifs is 6. The van der Waals surface area contributed by atoms with E-state index >= 15 is 0 Å². The Kier molecular flexibility index (Phi) is 9.19. The van der Waals surface area contributed by atoms with Gasteiger partial charge in [0, 0.05) is 47.7 Å². The molecule has 2 aromatic carbocycles. The molecule has 6 N–H and O–H groups in total. The van der Waals surface area contributed by atoms with Crippen molar-refractivity contribution in [2.24, 2.45) is 0 Å². The van der Waals surface area contributed by atoms with Crippen LogP contribution in [0.25, 0.3) is 10.9 Å². The molecular formula is C34H36N2O14. The summed E-state index contributed by atoms with van der Waals surface area (Å²) in [6.45, 7) is -0.161. The van der Waals surface area contributed by atoms with Crippen molar-refractivity contribution < 1.29 is 68.3 Å². The van der Waals surface area contributed by atoms with Crippen molar-refractivity contribution in [1.82, 2.24) is 9.55 Å². The molecule has 5 heterocycles. The zero-order valence-corrected chi connectivity index (χ0v) is 26.8. The number of ether oxygens (including phenoxy) is 7. The first-order chi connectivity index (χ1) is 24.1.